The number of halogens is 1. The summed E-state index contributed by atoms with van der Waals surface area (Å²) in [6, 6.07) is 2.59. The van der Waals surface area contributed by atoms with E-state index >= 15 is 0 Å². The summed E-state index contributed by atoms with van der Waals surface area (Å²) in [5.74, 6) is 0.996. The highest BCUT2D eigenvalue weighted by Gasteiger charge is 2.27. The number of pyridine rings is 1. The van der Waals surface area contributed by atoms with Crippen molar-refractivity contribution >= 4 is 38.8 Å². The first-order chi connectivity index (χ1) is 9.09. The van der Waals surface area contributed by atoms with Crippen LogP contribution >= 0.6 is 27.3 Å². The molecule has 0 fully saturated rings. The molecular weight excluding hydrogens is 322 g/mol. The average molecular weight is 338 g/mol. The molecule has 0 radical (unpaired) electrons. The Morgan fingerprint density at radius 1 is 1.53 bits per heavy atom. The maximum Gasteiger partial charge on any atom is 0.143 e. The van der Waals surface area contributed by atoms with Gasteiger partial charge in [-0.15, -0.1) is 11.3 Å². The summed E-state index contributed by atoms with van der Waals surface area (Å²) < 4.78 is 1.01. The number of hydrogen-bond donors (Lipinski definition) is 1. The third-order valence-corrected chi connectivity index (χ3v) is 5.78. The predicted molar refractivity (Wildman–Crippen MR) is 84.9 cm³/mol. The van der Waals surface area contributed by atoms with Crippen molar-refractivity contribution in [2.24, 2.45) is 0 Å². The van der Waals surface area contributed by atoms with Gasteiger partial charge in [-0.2, -0.15) is 0 Å². The lowest BCUT2D eigenvalue weighted by molar-refractivity contribution is 0.623. The summed E-state index contributed by atoms with van der Waals surface area (Å²) in [7, 11) is 0. The number of fused-ring (bicyclic) bond motifs is 1. The molecule has 1 aliphatic heterocycles. The third-order valence-electron chi connectivity index (χ3n) is 3.83. The first kappa shape index (κ1) is 12.9. The van der Waals surface area contributed by atoms with Crippen molar-refractivity contribution in [3.63, 3.8) is 0 Å². The van der Waals surface area contributed by atoms with Crippen molar-refractivity contribution in [3.8, 4) is 0 Å². The largest absolute Gasteiger partial charge is 0.397 e. The van der Waals surface area contributed by atoms with Crippen molar-refractivity contribution in [2.45, 2.75) is 26.3 Å². The van der Waals surface area contributed by atoms with Crippen molar-refractivity contribution in [3.05, 3.63) is 38.1 Å². The van der Waals surface area contributed by atoms with Gasteiger partial charge in [0, 0.05) is 11.4 Å². The normalized spacial score (nSPS) is 18.5. The van der Waals surface area contributed by atoms with Crippen LogP contribution in [0.5, 0.6) is 0 Å². The summed E-state index contributed by atoms with van der Waals surface area (Å²) in [6.07, 6.45) is 2.85. The van der Waals surface area contributed by atoms with E-state index in [1.807, 2.05) is 18.3 Å². The molecule has 0 spiro atoms. The molecule has 5 heteroatoms. The van der Waals surface area contributed by atoms with Crippen LogP contribution in [0, 0.1) is 6.92 Å². The summed E-state index contributed by atoms with van der Waals surface area (Å²) in [5.41, 5.74) is 9.13. The molecule has 0 aliphatic carbocycles. The van der Waals surface area contributed by atoms with Gasteiger partial charge in [0.2, 0.25) is 0 Å². The molecule has 19 heavy (non-hydrogen) atoms. The van der Waals surface area contributed by atoms with Gasteiger partial charge >= 0.3 is 0 Å². The maximum absolute atomic E-state index is 5.90. The molecule has 3 nitrogen and oxygen atoms in total. The molecule has 2 aromatic heterocycles. The van der Waals surface area contributed by atoms with E-state index in [4.69, 9.17) is 5.73 Å². The lowest BCUT2D eigenvalue weighted by Crippen LogP contribution is -2.34. The van der Waals surface area contributed by atoms with Gasteiger partial charge in [0.1, 0.15) is 5.82 Å². The number of thiophene rings is 1. The molecule has 1 aliphatic rings. The zero-order valence-corrected chi connectivity index (χ0v) is 13.4. The van der Waals surface area contributed by atoms with E-state index in [1.54, 1.807) is 6.20 Å². The molecule has 100 valence electrons. The van der Waals surface area contributed by atoms with Crippen LogP contribution in [0.1, 0.15) is 29.0 Å². The van der Waals surface area contributed by atoms with E-state index in [-0.39, 0.29) is 0 Å². The first-order valence-corrected chi connectivity index (χ1v) is 8.00. The van der Waals surface area contributed by atoms with Crippen molar-refractivity contribution < 1.29 is 0 Å². The summed E-state index contributed by atoms with van der Waals surface area (Å²) in [4.78, 5) is 8.39. The highest BCUT2D eigenvalue weighted by atomic mass is 79.9. The molecule has 0 aromatic carbocycles. The fourth-order valence-electron chi connectivity index (χ4n) is 2.58. The number of rotatable bonds is 1. The van der Waals surface area contributed by atoms with Crippen molar-refractivity contribution in [2.75, 3.05) is 17.2 Å². The maximum atomic E-state index is 5.90. The summed E-state index contributed by atoms with van der Waals surface area (Å²) in [6.45, 7) is 5.27. The van der Waals surface area contributed by atoms with Crippen molar-refractivity contribution in [1.82, 2.24) is 4.98 Å². The Hall–Kier alpha value is -1.07. The van der Waals surface area contributed by atoms with Gasteiger partial charge in [-0.25, -0.2) is 4.98 Å². The Morgan fingerprint density at radius 3 is 3.11 bits per heavy atom. The summed E-state index contributed by atoms with van der Waals surface area (Å²) in [5, 5.41) is 2.18. The topological polar surface area (TPSA) is 42.1 Å². The van der Waals surface area contributed by atoms with Crippen LogP contribution < -0.4 is 10.6 Å². The van der Waals surface area contributed by atoms with Crippen LogP contribution in [0.2, 0.25) is 0 Å². The molecular formula is C14H16BrN3S. The fraction of sp³-hybridized carbons (Fsp3) is 0.357. The molecule has 1 unspecified atom stereocenters. The lowest BCUT2D eigenvalue weighted by Gasteiger charge is -2.35. The van der Waals surface area contributed by atoms with E-state index < -0.39 is 0 Å². The van der Waals surface area contributed by atoms with Gasteiger partial charge in [0.05, 0.1) is 22.4 Å². The van der Waals surface area contributed by atoms with Gasteiger partial charge in [-0.05, 0) is 58.8 Å². The number of hydrogen-bond acceptors (Lipinski definition) is 4. The van der Waals surface area contributed by atoms with E-state index in [0.29, 0.717) is 6.04 Å². The smallest absolute Gasteiger partial charge is 0.143 e. The quantitative estimate of drug-likeness (QED) is 0.857. The lowest BCUT2D eigenvalue weighted by atomic mass is 10.0. The highest BCUT2D eigenvalue weighted by molar-refractivity contribution is 9.10. The SMILES string of the molecule is Cc1c(N)cnc(N2CCc3sccc3C2C)c1Br. The van der Waals surface area contributed by atoms with Crippen LogP contribution in [-0.4, -0.2) is 11.5 Å². The van der Waals surface area contributed by atoms with Crippen LogP contribution in [-0.2, 0) is 6.42 Å². The van der Waals surface area contributed by atoms with Crippen LogP contribution in [0.3, 0.4) is 0 Å². The molecule has 1 atom stereocenters. The van der Waals surface area contributed by atoms with E-state index in [0.717, 1.165) is 34.5 Å². The second-order valence-electron chi connectivity index (χ2n) is 4.89. The zero-order valence-electron chi connectivity index (χ0n) is 11.0. The second-order valence-corrected chi connectivity index (χ2v) is 6.69. The van der Waals surface area contributed by atoms with Crippen LogP contribution in [0.15, 0.2) is 22.1 Å². The Kier molecular flexibility index (Phi) is 3.27. The standard InChI is InChI=1S/C14H16BrN3S/c1-8-11(16)7-17-14(13(8)15)18-5-3-12-10(9(18)2)4-6-19-12/h4,6-7,9H,3,5,16H2,1-2H3. The Balaban J connectivity index is 2.03. The van der Waals surface area contributed by atoms with Gasteiger partial charge in [-0.3, -0.25) is 0 Å². The van der Waals surface area contributed by atoms with E-state index in [2.05, 4.69) is 44.2 Å². The van der Waals surface area contributed by atoms with Crippen molar-refractivity contribution in [1.29, 1.82) is 0 Å². The van der Waals surface area contributed by atoms with Gasteiger partial charge in [0.15, 0.2) is 0 Å². The molecule has 2 aromatic rings. The van der Waals surface area contributed by atoms with Crippen LogP contribution in [0.25, 0.3) is 0 Å². The third kappa shape index (κ3) is 2.05. The number of aromatic nitrogens is 1. The molecule has 0 saturated heterocycles. The minimum Gasteiger partial charge on any atom is -0.397 e. The van der Waals surface area contributed by atoms with Gasteiger partial charge < -0.3 is 10.6 Å². The number of nitrogen functional groups attached to an aromatic ring is 1. The molecule has 0 saturated carbocycles. The average Bonchev–Trinajstić information content (AvgIpc) is 2.87. The molecule has 2 N–H and O–H groups in total. The molecule has 3 rings (SSSR count). The monoisotopic (exact) mass is 337 g/mol. The Morgan fingerprint density at radius 2 is 2.32 bits per heavy atom. The second kappa shape index (κ2) is 4.80. The minimum absolute atomic E-state index is 0.363. The number of nitrogens with zero attached hydrogens (tertiary/aromatic N) is 2. The molecule has 0 amide bonds. The number of nitrogens with two attached hydrogens (primary N) is 1. The Bertz CT molecular complexity index is 623. The first-order valence-electron chi connectivity index (χ1n) is 6.33. The van der Waals surface area contributed by atoms with Gasteiger partial charge in [-0.1, -0.05) is 0 Å². The highest BCUT2D eigenvalue weighted by Crippen LogP contribution is 2.39. The van der Waals surface area contributed by atoms with E-state index in [1.165, 1.54) is 10.4 Å². The zero-order chi connectivity index (χ0) is 13.6. The minimum atomic E-state index is 0.363. The summed E-state index contributed by atoms with van der Waals surface area (Å²) >= 11 is 5.50. The Labute approximate surface area is 125 Å². The predicted octanol–water partition coefficient (Wildman–Crippen LogP) is 3.92. The molecule has 3 heterocycles. The van der Waals surface area contributed by atoms with Crippen LogP contribution in [0.4, 0.5) is 11.5 Å². The van der Waals surface area contributed by atoms with Gasteiger partial charge in [0.25, 0.3) is 0 Å². The number of anilines is 2. The van der Waals surface area contributed by atoms with E-state index in [9.17, 15) is 0 Å². The molecule has 0 bridgehead atoms. The fourth-order valence-corrected chi connectivity index (χ4v) is 4.10.